The number of hydrogen-bond acceptors (Lipinski definition) is 7. The zero-order chi connectivity index (χ0) is 23.5. The van der Waals surface area contributed by atoms with Gasteiger partial charge in [-0.1, -0.05) is 18.2 Å². The van der Waals surface area contributed by atoms with Crippen molar-refractivity contribution in [2.24, 2.45) is 0 Å². The van der Waals surface area contributed by atoms with E-state index in [4.69, 9.17) is 9.15 Å². The van der Waals surface area contributed by atoms with Crippen molar-refractivity contribution in [1.29, 1.82) is 0 Å². The molecule has 1 atom stereocenters. The Morgan fingerprint density at radius 3 is 2.94 bits per heavy atom. The molecule has 5 rings (SSSR count). The minimum absolute atomic E-state index is 0.0237. The Hall–Kier alpha value is -3.52. The summed E-state index contributed by atoms with van der Waals surface area (Å²) in [6.45, 7) is 3.21. The summed E-state index contributed by atoms with van der Waals surface area (Å²) < 4.78 is 11.6. The van der Waals surface area contributed by atoms with Crippen LogP contribution in [0.5, 0.6) is 5.75 Å². The minimum Gasteiger partial charge on any atom is -0.496 e. The molecule has 1 aliphatic rings. The van der Waals surface area contributed by atoms with Gasteiger partial charge in [0.05, 0.1) is 24.9 Å². The average Bonchev–Trinajstić information content (AvgIpc) is 3.51. The fourth-order valence-electron chi connectivity index (χ4n) is 4.34. The third kappa shape index (κ3) is 4.59. The van der Waals surface area contributed by atoms with Gasteiger partial charge >= 0.3 is 0 Å². The van der Waals surface area contributed by atoms with Crippen molar-refractivity contribution in [3.05, 3.63) is 82.8 Å². The molecule has 8 heteroatoms. The highest BCUT2D eigenvalue weighted by Crippen LogP contribution is 2.32. The minimum atomic E-state index is 0.0237. The van der Waals surface area contributed by atoms with E-state index in [0.717, 1.165) is 52.7 Å². The van der Waals surface area contributed by atoms with Crippen LogP contribution in [0.25, 0.3) is 10.6 Å². The first-order valence-corrected chi connectivity index (χ1v) is 12.2. The number of carbonyl (C=O) groups excluding carboxylic acids is 1. The predicted octanol–water partition coefficient (Wildman–Crippen LogP) is 5.12. The first kappa shape index (κ1) is 22.3. The van der Waals surface area contributed by atoms with Crippen molar-refractivity contribution in [3.8, 4) is 16.3 Å². The maximum atomic E-state index is 13.4. The van der Waals surface area contributed by atoms with Crippen molar-refractivity contribution in [1.82, 2.24) is 19.9 Å². The number of rotatable bonds is 6. The number of pyridine rings is 1. The number of benzene rings is 1. The van der Waals surface area contributed by atoms with Crippen LogP contribution >= 0.6 is 11.3 Å². The van der Waals surface area contributed by atoms with Gasteiger partial charge in [0.25, 0.3) is 5.91 Å². The molecule has 3 aromatic heterocycles. The smallest absolute Gasteiger partial charge is 0.265 e. The van der Waals surface area contributed by atoms with Crippen LogP contribution in [0.2, 0.25) is 0 Å². The lowest BCUT2D eigenvalue weighted by Gasteiger charge is -2.31. The highest BCUT2D eigenvalue weighted by Gasteiger charge is 2.30. The van der Waals surface area contributed by atoms with E-state index in [1.165, 1.54) is 11.3 Å². The van der Waals surface area contributed by atoms with Crippen molar-refractivity contribution in [3.63, 3.8) is 0 Å². The van der Waals surface area contributed by atoms with Crippen molar-refractivity contribution < 1.29 is 13.9 Å². The molecule has 0 spiro atoms. The largest absolute Gasteiger partial charge is 0.496 e. The number of nitrogens with zero attached hydrogens (tertiary/aromatic N) is 4. The fourth-order valence-corrected chi connectivity index (χ4v) is 5.37. The van der Waals surface area contributed by atoms with Crippen molar-refractivity contribution >= 4 is 17.2 Å². The standard InChI is InChI=1S/C26H26N4O3S/c1-17-23(34-25(29-17)19-8-5-11-27-14-19)26(31)30-12-6-9-20(16-30)24-28-15-21(33-24)13-18-7-3-4-10-22(18)32-2/h3-5,7-8,10-11,14-15,20H,6,9,12-13,16H2,1-2H3/t20-/m1/s1. The summed E-state index contributed by atoms with van der Waals surface area (Å²) >= 11 is 1.43. The van der Waals surface area contributed by atoms with Crippen LogP contribution in [0.15, 0.2) is 59.4 Å². The zero-order valence-electron chi connectivity index (χ0n) is 19.2. The summed E-state index contributed by atoms with van der Waals surface area (Å²) in [6.07, 6.45) is 7.76. The molecule has 1 aliphatic heterocycles. The second-order valence-electron chi connectivity index (χ2n) is 8.42. The number of thiazole rings is 1. The van der Waals surface area contributed by atoms with E-state index in [0.29, 0.717) is 23.7 Å². The molecule has 4 aromatic rings. The predicted molar refractivity (Wildman–Crippen MR) is 130 cm³/mol. The van der Waals surface area contributed by atoms with Crippen molar-refractivity contribution in [2.45, 2.75) is 32.1 Å². The van der Waals surface area contributed by atoms with Gasteiger partial charge in [0.2, 0.25) is 0 Å². The normalized spacial score (nSPS) is 15.9. The molecule has 174 valence electrons. The Morgan fingerprint density at radius 2 is 2.12 bits per heavy atom. The van der Waals surface area contributed by atoms with Gasteiger partial charge in [-0.2, -0.15) is 0 Å². The number of carbonyl (C=O) groups is 1. The molecule has 1 fully saturated rings. The number of hydrogen-bond donors (Lipinski definition) is 0. The molecule has 0 unspecified atom stereocenters. The van der Waals surface area contributed by atoms with Gasteiger partial charge in [0.15, 0.2) is 5.89 Å². The highest BCUT2D eigenvalue weighted by atomic mass is 32.1. The fraction of sp³-hybridized carbons (Fsp3) is 0.308. The topological polar surface area (TPSA) is 81.4 Å². The molecule has 1 amide bonds. The third-order valence-corrected chi connectivity index (χ3v) is 7.28. The molecule has 0 bridgehead atoms. The van der Waals surface area contributed by atoms with Gasteiger partial charge in [-0.25, -0.2) is 9.97 Å². The summed E-state index contributed by atoms with van der Waals surface area (Å²) in [6, 6.07) is 11.7. The van der Waals surface area contributed by atoms with E-state index in [1.807, 2.05) is 48.2 Å². The summed E-state index contributed by atoms with van der Waals surface area (Å²) in [5.41, 5.74) is 2.73. The second-order valence-corrected chi connectivity index (χ2v) is 9.42. The van der Waals surface area contributed by atoms with E-state index >= 15 is 0 Å². The average molecular weight is 475 g/mol. The van der Waals surface area contributed by atoms with Crippen LogP contribution in [-0.2, 0) is 6.42 Å². The van der Waals surface area contributed by atoms with Gasteiger partial charge in [0, 0.05) is 43.0 Å². The van der Waals surface area contributed by atoms with E-state index in [1.54, 1.807) is 25.7 Å². The number of likely N-dealkylation sites (tertiary alicyclic amines) is 1. The molecular formula is C26H26N4O3S. The van der Waals surface area contributed by atoms with Crippen LogP contribution < -0.4 is 4.74 Å². The van der Waals surface area contributed by atoms with E-state index in [-0.39, 0.29) is 11.8 Å². The summed E-state index contributed by atoms with van der Waals surface area (Å²) in [5.74, 6) is 2.42. The number of para-hydroxylation sites is 1. The highest BCUT2D eigenvalue weighted by molar-refractivity contribution is 7.17. The first-order chi connectivity index (χ1) is 16.6. The quantitative estimate of drug-likeness (QED) is 0.386. The molecule has 0 aliphatic carbocycles. The van der Waals surface area contributed by atoms with Gasteiger partial charge in [-0.05, 0) is 38.0 Å². The molecule has 1 saturated heterocycles. The molecule has 4 heterocycles. The number of amides is 1. The Morgan fingerprint density at radius 1 is 1.24 bits per heavy atom. The van der Waals surface area contributed by atoms with E-state index in [2.05, 4.69) is 15.0 Å². The SMILES string of the molecule is COc1ccccc1Cc1cnc([C@@H]2CCCN(C(=O)c3sc(-c4cccnc4)nc3C)C2)o1. The summed E-state index contributed by atoms with van der Waals surface area (Å²) in [4.78, 5) is 29.3. The second kappa shape index (κ2) is 9.77. The Bertz CT molecular complexity index is 1280. The Balaban J connectivity index is 1.29. The van der Waals surface area contributed by atoms with Crippen LogP contribution in [0, 0.1) is 6.92 Å². The van der Waals surface area contributed by atoms with Crippen LogP contribution in [0.1, 0.15) is 51.3 Å². The van der Waals surface area contributed by atoms with Crippen molar-refractivity contribution in [2.75, 3.05) is 20.2 Å². The maximum Gasteiger partial charge on any atom is 0.265 e. The summed E-state index contributed by atoms with van der Waals surface area (Å²) in [7, 11) is 1.67. The third-order valence-electron chi connectivity index (χ3n) is 6.09. The lowest BCUT2D eigenvalue weighted by molar-refractivity contribution is 0.0702. The Kier molecular flexibility index (Phi) is 6.40. The molecule has 34 heavy (non-hydrogen) atoms. The van der Waals surface area contributed by atoms with Gasteiger partial charge in [-0.3, -0.25) is 9.78 Å². The van der Waals surface area contributed by atoms with Gasteiger partial charge in [0.1, 0.15) is 21.4 Å². The number of methoxy groups -OCH3 is 1. The summed E-state index contributed by atoms with van der Waals surface area (Å²) in [5, 5.41) is 0.816. The van der Waals surface area contributed by atoms with E-state index < -0.39 is 0 Å². The Labute approximate surface area is 202 Å². The lowest BCUT2D eigenvalue weighted by Crippen LogP contribution is -2.39. The number of aromatic nitrogens is 3. The van der Waals surface area contributed by atoms with Gasteiger partial charge in [-0.15, -0.1) is 11.3 Å². The van der Waals surface area contributed by atoms with Gasteiger partial charge < -0.3 is 14.1 Å². The van der Waals surface area contributed by atoms with Crippen LogP contribution in [0.4, 0.5) is 0 Å². The molecule has 0 radical (unpaired) electrons. The molecule has 0 N–H and O–H groups in total. The monoisotopic (exact) mass is 474 g/mol. The first-order valence-electron chi connectivity index (χ1n) is 11.4. The molecule has 7 nitrogen and oxygen atoms in total. The molecule has 1 aromatic carbocycles. The van der Waals surface area contributed by atoms with Crippen LogP contribution in [-0.4, -0.2) is 46.0 Å². The maximum absolute atomic E-state index is 13.4. The number of ether oxygens (including phenoxy) is 1. The lowest BCUT2D eigenvalue weighted by atomic mass is 9.98. The van der Waals surface area contributed by atoms with Crippen LogP contribution in [0.3, 0.4) is 0 Å². The zero-order valence-corrected chi connectivity index (χ0v) is 20.0. The molecular weight excluding hydrogens is 448 g/mol. The molecule has 0 saturated carbocycles. The number of piperidine rings is 1. The number of oxazole rings is 1. The van der Waals surface area contributed by atoms with E-state index in [9.17, 15) is 4.79 Å². The number of aryl methyl sites for hydroxylation is 1.